The van der Waals surface area contributed by atoms with Crippen LogP contribution in [0.3, 0.4) is 0 Å². The quantitative estimate of drug-likeness (QED) is 0.709. The van der Waals surface area contributed by atoms with Gasteiger partial charge in [0.05, 0.1) is 17.3 Å². The van der Waals surface area contributed by atoms with Crippen LogP contribution in [0.1, 0.15) is 12.6 Å². The van der Waals surface area contributed by atoms with E-state index in [0.717, 1.165) is 12.2 Å². The molecule has 21 heavy (non-hydrogen) atoms. The van der Waals surface area contributed by atoms with Gasteiger partial charge in [0.1, 0.15) is 12.2 Å². The van der Waals surface area contributed by atoms with E-state index in [0.29, 0.717) is 17.4 Å². The first-order valence-electron chi connectivity index (χ1n) is 6.70. The Hall–Kier alpha value is -2.61. The predicted molar refractivity (Wildman–Crippen MR) is 76.6 cm³/mol. The summed E-state index contributed by atoms with van der Waals surface area (Å²) in [6.45, 7) is 3.72. The van der Waals surface area contributed by atoms with Crippen LogP contribution in [0.25, 0.3) is 10.9 Å². The van der Waals surface area contributed by atoms with Crippen molar-refractivity contribution < 1.29 is 0 Å². The monoisotopic (exact) mass is 285 g/mol. The van der Waals surface area contributed by atoms with Crippen molar-refractivity contribution in [3.05, 3.63) is 46.5 Å². The molecule has 1 N–H and O–H groups in total. The average Bonchev–Trinajstić information content (AvgIpc) is 2.96. The van der Waals surface area contributed by atoms with Gasteiger partial charge in [-0.1, -0.05) is 29.5 Å². The van der Waals surface area contributed by atoms with Crippen molar-refractivity contribution in [1.29, 1.82) is 0 Å². The van der Waals surface area contributed by atoms with Crippen LogP contribution in [0, 0.1) is 0 Å². The Bertz CT molecular complexity index is 807. The Morgan fingerprint density at radius 2 is 2.05 bits per heavy atom. The molecule has 0 aliphatic rings. The zero-order chi connectivity index (χ0) is 14.7. The standard InChI is InChI=1S/C13H15N7O/c1-2-14-7-10-8-19(17-15-10)9-20-13(21)11-5-3-4-6-12(11)16-18-20/h3-6,8,14H,2,7,9H2,1H3. The van der Waals surface area contributed by atoms with Gasteiger partial charge in [-0.05, 0) is 18.7 Å². The molecule has 3 rings (SSSR count). The Balaban J connectivity index is 1.86. The molecule has 8 heteroatoms. The molecule has 0 radical (unpaired) electrons. The molecule has 0 saturated heterocycles. The van der Waals surface area contributed by atoms with Crippen LogP contribution < -0.4 is 10.9 Å². The van der Waals surface area contributed by atoms with E-state index in [2.05, 4.69) is 25.9 Å². The van der Waals surface area contributed by atoms with Crippen LogP contribution in [-0.4, -0.2) is 36.5 Å². The summed E-state index contributed by atoms with van der Waals surface area (Å²) in [5.74, 6) is 0. The number of hydrogen-bond donors (Lipinski definition) is 1. The maximum absolute atomic E-state index is 12.3. The Labute approximate surface area is 120 Å². The molecule has 0 fully saturated rings. The van der Waals surface area contributed by atoms with E-state index in [9.17, 15) is 4.79 Å². The third kappa shape index (κ3) is 2.79. The van der Waals surface area contributed by atoms with Crippen LogP contribution in [0.15, 0.2) is 35.3 Å². The summed E-state index contributed by atoms with van der Waals surface area (Å²) in [6, 6.07) is 7.13. The Morgan fingerprint density at radius 1 is 1.19 bits per heavy atom. The highest BCUT2D eigenvalue weighted by atomic mass is 16.1. The van der Waals surface area contributed by atoms with Crippen molar-refractivity contribution in [2.45, 2.75) is 20.1 Å². The number of benzene rings is 1. The van der Waals surface area contributed by atoms with Crippen LogP contribution in [0.2, 0.25) is 0 Å². The normalized spacial score (nSPS) is 11.1. The highest BCUT2D eigenvalue weighted by Gasteiger charge is 2.06. The van der Waals surface area contributed by atoms with E-state index >= 15 is 0 Å². The second kappa shape index (κ2) is 5.80. The van der Waals surface area contributed by atoms with Gasteiger partial charge >= 0.3 is 0 Å². The first-order valence-corrected chi connectivity index (χ1v) is 6.70. The van der Waals surface area contributed by atoms with Crippen molar-refractivity contribution >= 4 is 10.9 Å². The van der Waals surface area contributed by atoms with Crippen LogP contribution >= 0.6 is 0 Å². The molecule has 0 amide bonds. The van der Waals surface area contributed by atoms with E-state index in [4.69, 9.17) is 0 Å². The summed E-state index contributed by atoms with van der Waals surface area (Å²) in [7, 11) is 0. The van der Waals surface area contributed by atoms with Gasteiger partial charge in [0.15, 0.2) is 0 Å². The number of hydrogen-bond acceptors (Lipinski definition) is 6. The largest absolute Gasteiger partial charge is 0.311 e. The van der Waals surface area contributed by atoms with Gasteiger partial charge in [0.2, 0.25) is 0 Å². The van der Waals surface area contributed by atoms with Gasteiger partial charge < -0.3 is 5.32 Å². The summed E-state index contributed by atoms with van der Waals surface area (Å²) in [4.78, 5) is 12.3. The molecule has 8 nitrogen and oxygen atoms in total. The maximum Gasteiger partial charge on any atom is 0.279 e. The molecule has 0 unspecified atom stereocenters. The highest BCUT2D eigenvalue weighted by molar-refractivity contribution is 5.76. The van der Waals surface area contributed by atoms with Gasteiger partial charge in [-0.3, -0.25) is 4.79 Å². The van der Waals surface area contributed by atoms with Crippen molar-refractivity contribution in [3.8, 4) is 0 Å². The van der Waals surface area contributed by atoms with Crippen molar-refractivity contribution in [1.82, 2.24) is 35.3 Å². The molecule has 3 aromatic rings. The van der Waals surface area contributed by atoms with E-state index in [1.165, 1.54) is 4.68 Å². The Kier molecular flexibility index (Phi) is 3.69. The average molecular weight is 285 g/mol. The molecule has 0 spiro atoms. The number of fused-ring (bicyclic) bond motifs is 1. The molecular weight excluding hydrogens is 270 g/mol. The first kappa shape index (κ1) is 13.4. The van der Waals surface area contributed by atoms with Crippen molar-refractivity contribution in [2.75, 3.05) is 6.54 Å². The summed E-state index contributed by atoms with van der Waals surface area (Å²) < 4.78 is 2.84. The zero-order valence-electron chi connectivity index (χ0n) is 11.6. The lowest BCUT2D eigenvalue weighted by molar-refractivity contribution is 0.456. The molecule has 108 valence electrons. The lowest BCUT2D eigenvalue weighted by Crippen LogP contribution is -2.27. The lowest BCUT2D eigenvalue weighted by Gasteiger charge is -2.03. The van der Waals surface area contributed by atoms with Crippen molar-refractivity contribution in [3.63, 3.8) is 0 Å². The minimum absolute atomic E-state index is 0.190. The van der Waals surface area contributed by atoms with E-state index in [1.54, 1.807) is 29.1 Å². The molecule has 1 aromatic carbocycles. The van der Waals surface area contributed by atoms with E-state index in [-0.39, 0.29) is 12.2 Å². The van der Waals surface area contributed by atoms with E-state index < -0.39 is 0 Å². The third-order valence-corrected chi connectivity index (χ3v) is 3.05. The van der Waals surface area contributed by atoms with Crippen LogP contribution in [0.4, 0.5) is 0 Å². The molecule has 0 bridgehead atoms. The second-order valence-corrected chi connectivity index (χ2v) is 4.58. The van der Waals surface area contributed by atoms with Crippen LogP contribution in [-0.2, 0) is 13.2 Å². The molecular formula is C13H15N7O. The van der Waals surface area contributed by atoms with E-state index in [1.807, 2.05) is 13.0 Å². The third-order valence-electron chi connectivity index (χ3n) is 3.05. The second-order valence-electron chi connectivity index (χ2n) is 4.58. The van der Waals surface area contributed by atoms with Crippen LogP contribution in [0.5, 0.6) is 0 Å². The summed E-state index contributed by atoms with van der Waals surface area (Å²) in [5, 5.41) is 19.7. The highest BCUT2D eigenvalue weighted by Crippen LogP contribution is 2.03. The SMILES string of the molecule is CCNCc1cn(Cn2nnc3ccccc3c2=O)nn1. The van der Waals surface area contributed by atoms with Gasteiger partial charge in [-0.2, -0.15) is 4.68 Å². The minimum Gasteiger partial charge on any atom is -0.311 e. The lowest BCUT2D eigenvalue weighted by atomic mass is 10.2. The Morgan fingerprint density at radius 3 is 2.90 bits per heavy atom. The molecule has 0 aliphatic heterocycles. The first-order chi connectivity index (χ1) is 10.3. The fourth-order valence-electron chi connectivity index (χ4n) is 1.99. The topological polar surface area (TPSA) is 90.5 Å². The van der Waals surface area contributed by atoms with Gasteiger partial charge in [0.25, 0.3) is 5.56 Å². The molecule has 0 aliphatic carbocycles. The zero-order valence-corrected chi connectivity index (χ0v) is 11.6. The number of nitrogens with zero attached hydrogens (tertiary/aromatic N) is 6. The molecule has 0 saturated carbocycles. The number of aromatic nitrogens is 6. The summed E-state index contributed by atoms with van der Waals surface area (Å²) >= 11 is 0. The fourth-order valence-corrected chi connectivity index (χ4v) is 1.99. The molecule has 0 atom stereocenters. The summed E-state index contributed by atoms with van der Waals surface area (Å²) in [6.07, 6.45) is 1.78. The maximum atomic E-state index is 12.3. The number of nitrogens with one attached hydrogen (secondary N) is 1. The predicted octanol–water partition coefficient (Wildman–Crippen LogP) is -0.00170. The minimum atomic E-state index is -0.190. The molecule has 2 heterocycles. The summed E-state index contributed by atoms with van der Waals surface area (Å²) in [5.41, 5.74) is 1.22. The molecule has 2 aromatic heterocycles. The smallest absolute Gasteiger partial charge is 0.279 e. The van der Waals surface area contributed by atoms with Crippen molar-refractivity contribution in [2.24, 2.45) is 0 Å². The fraction of sp³-hybridized carbons (Fsp3) is 0.308. The number of rotatable bonds is 5. The van der Waals surface area contributed by atoms with Gasteiger partial charge in [0, 0.05) is 6.54 Å². The van der Waals surface area contributed by atoms with Gasteiger partial charge in [-0.15, -0.1) is 10.2 Å². The van der Waals surface area contributed by atoms with Gasteiger partial charge in [-0.25, -0.2) is 4.68 Å².